The van der Waals surface area contributed by atoms with Gasteiger partial charge in [0.2, 0.25) is 6.08 Å². The predicted molar refractivity (Wildman–Crippen MR) is 70.4 cm³/mol. The summed E-state index contributed by atoms with van der Waals surface area (Å²) in [5, 5.41) is 0. The van der Waals surface area contributed by atoms with E-state index in [0.29, 0.717) is 5.56 Å². The maximum atomic E-state index is 13.8. The van der Waals surface area contributed by atoms with Crippen LogP contribution >= 0.6 is 0 Å². The van der Waals surface area contributed by atoms with E-state index in [1.807, 2.05) is 0 Å². The summed E-state index contributed by atoms with van der Waals surface area (Å²) < 4.78 is 69.9. The minimum Gasteiger partial charge on any atom is -0.449 e. The minimum atomic E-state index is -4.89. The zero-order chi connectivity index (χ0) is 17.2. The lowest BCUT2D eigenvalue weighted by molar-refractivity contribution is -0.138. The molecular formula is C15H8F5NO2. The van der Waals surface area contributed by atoms with E-state index >= 15 is 0 Å². The first-order valence-electron chi connectivity index (χ1n) is 6.15. The summed E-state index contributed by atoms with van der Waals surface area (Å²) in [5.41, 5.74) is -0.853. The third-order valence-electron chi connectivity index (χ3n) is 2.82. The lowest BCUT2D eigenvalue weighted by Crippen LogP contribution is -2.07. The highest BCUT2D eigenvalue weighted by atomic mass is 19.4. The normalized spacial score (nSPS) is 11.0. The highest BCUT2D eigenvalue weighted by molar-refractivity contribution is 5.60. The molecule has 2 aromatic rings. The number of nitrogens with zero attached hydrogens (tertiary/aromatic N) is 1. The Balaban J connectivity index is 2.48. The second-order valence-corrected chi connectivity index (χ2v) is 4.54. The number of rotatable bonds is 3. The van der Waals surface area contributed by atoms with E-state index in [1.54, 1.807) is 6.92 Å². The average molecular weight is 329 g/mol. The Bertz CT molecular complexity index is 772. The molecule has 0 N–H and O–H groups in total. The number of hydrogen-bond acceptors (Lipinski definition) is 3. The molecule has 0 aliphatic heterocycles. The molecule has 0 bridgehead atoms. The van der Waals surface area contributed by atoms with Gasteiger partial charge in [-0.3, -0.25) is 0 Å². The van der Waals surface area contributed by atoms with Crippen LogP contribution in [0.15, 0.2) is 35.3 Å². The second kappa shape index (κ2) is 6.18. The molecular weight excluding hydrogens is 321 g/mol. The van der Waals surface area contributed by atoms with Crippen molar-refractivity contribution in [1.82, 2.24) is 0 Å². The molecule has 0 saturated carbocycles. The first-order chi connectivity index (χ1) is 10.7. The first kappa shape index (κ1) is 16.6. The Labute approximate surface area is 127 Å². The summed E-state index contributed by atoms with van der Waals surface area (Å²) in [7, 11) is 0. The van der Waals surface area contributed by atoms with Crippen molar-refractivity contribution in [3.8, 4) is 11.5 Å². The number of hydrogen-bond donors (Lipinski definition) is 0. The van der Waals surface area contributed by atoms with E-state index in [9.17, 15) is 26.7 Å². The maximum Gasteiger partial charge on any atom is 0.416 e. The smallest absolute Gasteiger partial charge is 0.416 e. The van der Waals surface area contributed by atoms with Crippen molar-refractivity contribution < 1.29 is 31.5 Å². The summed E-state index contributed by atoms with van der Waals surface area (Å²) in [6, 6.07) is 4.42. The summed E-state index contributed by atoms with van der Waals surface area (Å²) in [6.45, 7) is 1.67. The van der Waals surface area contributed by atoms with Crippen molar-refractivity contribution in [2.75, 3.05) is 0 Å². The van der Waals surface area contributed by atoms with Gasteiger partial charge in [0.15, 0.2) is 23.1 Å². The Kier molecular flexibility index (Phi) is 4.47. The lowest BCUT2D eigenvalue weighted by atomic mass is 10.2. The van der Waals surface area contributed by atoms with Crippen molar-refractivity contribution in [3.63, 3.8) is 0 Å². The fourth-order valence-corrected chi connectivity index (χ4v) is 1.78. The summed E-state index contributed by atoms with van der Waals surface area (Å²) in [5.74, 6) is -4.28. The molecule has 0 aromatic heterocycles. The molecule has 2 rings (SSSR count). The van der Waals surface area contributed by atoms with Gasteiger partial charge in [-0.2, -0.15) is 18.2 Å². The third kappa shape index (κ3) is 3.73. The maximum absolute atomic E-state index is 13.8. The molecule has 0 radical (unpaired) electrons. The number of isocyanates is 1. The van der Waals surface area contributed by atoms with Crippen molar-refractivity contribution in [2.45, 2.75) is 13.1 Å². The zero-order valence-electron chi connectivity index (χ0n) is 11.5. The van der Waals surface area contributed by atoms with Gasteiger partial charge in [0.25, 0.3) is 0 Å². The van der Waals surface area contributed by atoms with E-state index in [2.05, 4.69) is 4.99 Å². The van der Waals surface area contributed by atoms with E-state index in [4.69, 9.17) is 4.74 Å². The van der Waals surface area contributed by atoms with Crippen LogP contribution in [0.2, 0.25) is 0 Å². The Hall–Kier alpha value is -2.73. The Morgan fingerprint density at radius 1 is 1.09 bits per heavy atom. The van der Waals surface area contributed by atoms with Gasteiger partial charge in [-0.1, -0.05) is 6.07 Å². The van der Waals surface area contributed by atoms with Gasteiger partial charge in [-0.05, 0) is 36.8 Å². The van der Waals surface area contributed by atoms with Gasteiger partial charge in [0, 0.05) is 0 Å². The van der Waals surface area contributed by atoms with E-state index in [1.165, 1.54) is 24.3 Å². The quantitative estimate of drug-likeness (QED) is 0.449. The molecule has 0 fully saturated rings. The molecule has 2 aromatic carbocycles. The Morgan fingerprint density at radius 3 is 2.22 bits per heavy atom. The fourth-order valence-electron chi connectivity index (χ4n) is 1.78. The van der Waals surface area contributed by atoms with Gasteiger partial charge in [-0.15, -0.1) is 0 Å². The van der Waals surface area contributed by atoms with Crippen LogP contribution in [0.1, 0.15) is 11.1 Å². The molecule has 0 unspecified atom stereocenters. The SMILES string of the molecule is Cc1ccc(Oc2c(F)cc(C(F)(F)F)cc2F)c(N=C=O)c1. The molecule has 0 spiro atoms. The fraction of sp³-hybridized carbons (Fsp3) is 0.133. The van der Waals surface area contributed by atoms with E-state index in [-0.39, 0.29) is 23.6 Å². The lowest BCUT2D eigenvalue weighted by Gasteiger charge is -2.12. The highest BCUT2D eigenvalue weighted by Crippen LogP contribution is 2.38. The number of alkyl halides is 3. The van der Waals surface area contributed by atoms with Crippen LogP contribution < -0.4 is 4.74 Å². The highest BCUT2D eigenvalue weighted by Gasteiger charge is 2.33. The predicted octanol–water partition coefficient (Wildman–Crippen LogP) is 5.05. The number of carbonyl (C=O) groups excluding carboxylic acids is 1. The molecule has 120 valence electrons. The van der Waals surface area contributed by atoms with Gasteiger partial charge in [0.05, 0.1) is 5.56 Å². The monoisotopic (exact) mass is 329 g/mol. The molecule has 0 amide bonds. The molecule has 0 atom stereocenters. The standard InChI is InChI=1S/C15H8F5NO2/c1-8-2-3-13(12(4-8)21-7-22)23-14-10(16)5-9(6-11(14)17)15(18,19)20/h2-6H,1H3. The molecule has 0 saturated heterocycles. The molecule has 0 aliphatic carbocycles. The van der Waals surface area contributed by atoms with Crippen molar-refractivity contribution in [1.29, 1.82) is 0 Å². The minimum absolute atomic E-state index is 0.0568. The number of aryl methyl sites for hydroxylation is 1. The zero-order valence-corrected chi connectivity index (χ0v) is 11.5. The van der Waals surface area contributed by atoms with E-state index < -0.39 is 29.1 Å². The number of benzene rings is 2. The molecule has 23 heavy (non-hydrogen) atoms. The summed E-state index contributed by atoms with van der Waals surface area (Å²) in [4.78, 5) is 13.7. The van der Waals surface area contributed by atoms with Crippen LogP contribution in [0.5, 0.6) is 11.5 Å². The number of ether oxygens (including phenoxy) is 1. The van der Waals surface area contributed by atoms with Crippen molar-refractivity contribution in [2.24, 2.45) is 4.99 Å². The molecule has 8 heteroatoms. The van der Waals surface area contributed by atoms with Crippen LogP contribution in [0, 0.1) is 18.6 Å². The molecule has 3 nitrogen and oxygen atoms in total. The van der Waals surface area contributed by atoms with Gasteiger partial charge in [0.1, 0.15) is 5.69 Å². The first-order valence-corrected chi connectivity index (χ1v) is 6.15. The van der Waals surface area contributed by atoms with Crippen LogP contribution in [0.3, 0.4) is 0 Å². The largest absolute Gasteiger partial charge is 0.449 e. The number of aliphatic imine (C=N–C) groups is 1. The van der Waals surface area contributed by atoms with Crippen LogP contribution in [0.4, 0.5) is 27.6 Å². The van der Waals surface area contributed by atoms with E-state index in [0.717, 1.165) is 0 Å². The summed E-state index contributed by atoms with van der Waals surface area (Å²) >= 11 is 0. The van der Waals surface area contributed by atoms with Crippen LogP contribution in [0.25, 0.3) is 0 Å². The van der Waals surface area contributed by atoms with Gasteiger partial charge in [-0.25, -0.2) is 13.6 Å². The van der Waals surface area contributed by atoms with Gasteiger partial charge >= 0.3 is 6.18 Å². The van der Waals surface area contributed by atoms with Crippen molar-refractivity contribution in [3.05, 3.63) is 53.1 Å². The average Bonchev–Trinajstić information content (AvgIpc) is 2.44. The summed E-state index contributed by atoms with van der Waals surface area (Å²) in [6.07, 6.45) is -3.64. The van der Waals surface area contributed by atoms with Crippen molar-refractivity contribution >= 4 is 11.8 Å². The van der Waals surface area contributed by atoms with Gasteiger partial charge < -0.3 is 4.74 Å². The molecule has 0 heterocycles. The Morgan fingerprint density at radius 2 is 1.70 bits per heavy atom. The number of halogens is 5. The third-order valence-corrected chi connectivity index (χ3v) is 2.82. The van der Waals surface area contributed by atoms with Crippen LogP contribution in [-0.2, 0) is 11.0 Å². The van der Waals surface area contributed by atoms with Crippen LogP contribution in [-0.4, -0.2) is 6.08 Å². The second-order valence-electron chi connectivity index (χ2n) is 4.54. The topological polar surface area (TPSA) is 38.7 Å². The molecule has 0 aliphatic rings.